The standard InChI is InChI=1S/C28H32N2O3/c1-3-10-26(31)30(21-23-15-17-25(33-2)18-16-23)27(24-13-8-5-9-14-24)28(32)29-20-19-22-11-6-4-7-12-22/h4-9,11-18,27H,3,10,19-21H2,1-2H3,(H,29,32). The highest BCUT2D eigenvalue weighted by molar-refractivity contribution is 5.88. The zero-order chi connectivity index (χ0) is 23.5. The van der Waals surface area contributed by atoms with Crippen LogP contribution in [0.2, 0.25) is 0 Å². The third-order valence-electron chi connectivity index (χ3n) is 5.53. The Hall–Kier alpha value is -3.60. The number of carbonyl (C=O) groups excluding carboxylic acids is 2. The molecular weight excluding hydrogens is 412 g/mol. The lowest BCUT2D eigenvalue weighted by Gasteiger charge is -2.31. The van der Waals surface area contributed by atoms with E-state index in [0.717, 1.165) is 35.3 Å². The number of ether oxygens (including phenoxy) is 1. The first-order valence-corrected chi connectivity index (χ1v) is 11.4. The van der Waals surface area contributed by atoms with Gasteiger partial charge in [-0.2, -0.15) is 0 Å². The molecule has 5 nitrogen and oxygen atoms in total. The Morgan fingerprint density at radius 3 is 2.12 bits per heavy atom. The highest BCUT2D eigenvalue weighted by atomic mass is 16.5. The van der Waals surface area contributed by atoms with Crippen LogP contribution in [-0.2, 0) is 22.6 Å². The van der Waals surface area contributed by atoms with Crippen LogP contribution in [0.1, 0.15) is 42.5 Å². The van der Waals surface area contributed by atoms with Crippen molar-refractivity contribution in [1.82, 2.24) is 10.2 Å². The fraction of sp³-hybridized carbons (Fsp3) is 0.286. The van der Waals surface area contributed by atoms with Gasteiger partial charge in [0.15, 0.2) is 0 Å². The van der Waals surface area contributed by atoms with Crippen molar-refractivity contribution < 1.29 is 14.3 Å². The van der Waals surface area contributed by atoms with Crippen LogP contribution in [0.4, 0.5) is 0 Å². The van der Waals surface area contributed by atoms with Crippen molar-refractivity contribution in [1.29, 1.82) is 0 Å². The van der Waals surface area contributed by atoms with Gasteiger partial charge in [0.05, 0.1) is 7.11 Å². The second-order valence-electron chi connectivity index (χ2n) is 7.96. The molecule has 0 aliphatic heterocycles. The fourth-order valence-electron chi connectivity index (χ4n) is 3.79. The largest absolute Gasteiger partial charge is 0.497 e. The summed E-state index contributed by atoms with van der Waals surface area (Å²) in [5, 5.41) is 3.06. The molecule has 1 unspecified atom stereocenters. The number of hydrogen-bond donors (Lipinski definition) is 1. The Bertz CT molecular complexity index is 1000. The molecule has 0 aromatic heterocycles. The van der Waals surface area contributed by atoms with E-state index in [1.807, 2.05) is 91.9 Å². The fourth-order valence-corrected chi connectivity index (χ4v) is 3.79. The molecule has 0 saturated carbocycles. The summed E-state index contributed by atoms with van der Waals surface area (Å²) in [7, 11) is 1.62. The Balaban J connectivity index is 1.84. The Morgan fingerprint density at radius 1 is 0.879 bits per heavy atom. The van der Waals surface area contributed by atoms with Gasteiger partial charge in [-0.1, -0.05) is 79.7 Å². The monoisotopic (exact) mass is 444 g/mol. The van der Waals surface area contributed by atoms with Gasteiger partial charge < -0.3 is 15.0 Å². The van der Waals surface area contributed by atoms with Gasteiger partial charge in [-0.15, -0.1) is 0 Å². The SMILES string of the molecule is CCCC(=O)N(Cc1ccc(OC)cc1)C(C(=O)NCCc1ccccc1)c1ccccc1. The van der Waals surface area contributed by atoms with E-state index in [-0.39, 0.29) is 11.8 Å². The van der Waals surface area contributed by atoms with E-state index >= 15 is 0 Å². The summed E-state index contributed by atoms with van der Waals surface area (Å²) in [6, 6.07) is 26.5. The molecule has 0 heterocycles. The molecule has 3 rings (SSSR count). The number of methoxy groups -OCH3 is 1. The molecular formula is C28H32N2O3. The molecule has 0 fully saturated rings. The van der Waals surface area contributed by atoms with Gasteiger partial charge in [0.1, 0.15) is 11.8 Å². The van der Waals surface area contributed by atoms with Crippen molar-refractivity contribution in [3.8, 4) is 5.75 Å². The van der Waals surface area contributed by atoms with Gasteiger partial charge in [0.2, 0.25) is 11.8 Å². The Labute approximate surface area is 196 Å². The van der Waals surface area contributed by atoms with Crippen molar-refractivity contribution in [2.75, 3.05) is 13.7 Å². The Morgan fingerprint density at radius 2 is 1.52 bits per heavy atom. The summed E-state index contributed by atoms with van der Waals surface area (Å²) in [4.78, 5) is 28.3. The van der Waals surface area contributed by atoms with Crippen molar-refractivity contribution in [3.63, 3.8) is 0 Å². The minimum Gasteiger partial charge on any atom is -0.497 e. The number of nitrogens with one attached hydrogen (secondary N) is 1. The van der Waals surface area contributed by atoms with Gasteiger partial charge in [-0.3, -0.25) is 9.59 Å². The predicted octanol–water partition coefficient (Wildman–Crippen LogP) is 4.92. The minimum atomic E-state index is -0.705. The molecule has 0 saturated heterocycles. The molecule has 0 radical (unpaired) electrons. The lowest BCUT2D eigenvalue weighted by Crippen LogP contribution is -2.43. The van der Waals surface area contributed by atoms with Crippen molar-refractivity contribution in [3.05, 3.63) is 102 Å². The molecule has 0 bridgehead atoms. The first kappa shape index (κ1) is 24.1. The van der Waals surface area contributed by atoms with Crippen molar-refractivity contribution in [2.24, 2.45) is 0 Å². The average Bonchev–Trinajstić information content (AvgIpc) is 2.85. The number of hydrogen-bond acceptors (Lipinski definition) is 3. The third kappa shape index (κ3) is 6.94. The Kier molecular flexibility index (Phi) is 9.07. The third-order valence-corrected chi connectivity index (χ3v) is 5.53. The van der Waals surface area contributed by atoms with Gasteiger partial charge in [0, 0.05) is 19.5 Å². The zero-order valence-electron chi connectivity index (χ0n) is 19.4. The van der Waals surface area contributed by atoms with Crippen LogP contribution in [0.25, 0.3) is 0 Å². The lowest BCUT2D eigenvalue weighted by atomic mass is 10.0. The lowest BCUT2D eigenvalue weighted by molar-refractivity contribution is -0.141. The molecule has 1 atom stereocenters. The van der Waals surface area contributed by atoms with Crippen LogP contribution in [0.15, 0.2) is 84.9 Å². The van der Waals surface area contributed by atoms with Gasteiger partial charge in [0.25, 0.3) is 0 Å². The molecule has 0 aliphatic rings. The maximum atomic E-state index is 13.4. The molecule has 3 aromatic carbocycles. The van der Waals surface area contributed by atoms with Crippen LogP contribution in [0.3, 0.4) is 0 Å². The zero-order valence-corrected chi connectivity index (χ0v) is 19.4. The van der Waals surface area contributed by atoms with Crippen LogP contribution < -0.4 is 10.1 Å². The molecule has 33 heavy (non-hydrogen) atoms. The van der Waals surface area contributed by atoms with Gasteiger partial charge in [-0.25, -0.2) is 0 Å². The second kappa shape index (κ2) is 12.4. The highest BCUT2D eigenvalue weighted by Crippen LogP contribution is 2.25. The van der Waals surface area contributed by atoms with Crippen LogP contribution in [0.5, 0.6) is 5.75 Å². The van der Waals surface area contributed by atoms with Crippen molar-refractivity contribution in [2.45, 2.75) is 38.8 Å². The van der Waals surface area contributed by atoms with Crippen LogP contribution >= 0.6 is 0 Å². The van der Waals surface area contributed by atoms with E-state index < -0.39 is 6.04 Å². The quantitative estimate of drug-likeness (QED) is 0.456. The number of carbonyl (C=O) groups is 2. The summed E-state index contributed by atoms with van der Waals surface area (Å²) in [6.45, 7) is 2.82. The topological polar surface area (TPSA) is 58.6 Å². The second-order valence-corrected chi connectivity index (χ2v) is 7.96. The van der Waals surface area contributed by atoms with E-state index in [0.29, 0.717) is 19.5 Å². The van der Waals surface area contributed by atoms with Crippen molar-refractivity contribution >= 4 is 11.8 Å². The molecule has 2 amide bonds. The van der Waals surface area contributed by atoms with Crippen LogP contribution in [-0.4, -0.2) is 30.4 Å². The van der Waals surface area contributed by atoms with E-state index in [9.17, 15) is 9.59 Å². The maximum Gasteiger partial charge on any atom is 0.247 e. The average molecular weight is 445 g/mol. The molecule has 5 heteroatoms. The minimum absolute atomic E-state index is 0.0413. The first-order chi connectivity index (χ1) is 16.1. The summed E-state index contributed by atoms with van der Waals surface area (Å²) in [5.74, 6) is 0.541. The molecule has 1 N–H and O–H groups in total. The molecule has 0 spiro atoms. The summed E-state index contributed by atoms with van der Waals surface area (Å²) >= 11 is 0. The number of amides is 2. The van der Waals surface area contributed by atoms with Crippen LogP contribution in [0, 0.1) is 0 Å². The van der Waals surface area contributed by atoms with E-state index in [2.05, 4.69) is 5.32 Å². The smallest absolute Gasteiger partial charge is 0.247 e. The molecule has 0 aliphatic carbocycles. The predicted molar refractivity (Wildman–Crippen MR) is 131 cm³/mol. The summed E-state index contributed by atoms with van der Waals surface area (Å²) < 4.78 is 5.25. The normalized spacial score (nSPS) is 11.5. The number of rotatable bonds is 11. The van der Waals surface area contributed by atoms with Gasteiger partial charge >= 0.3 is 0 Å². The highest BCUT2D eigenvalue weighted by Gasteiger charge is 2.30. The molecule has 172 valence electrons. The van der Waals surface area contributed by atoms with E-state index in [1.165, 1.54) is 0 Å². The van der Waals surface area contributed by atoms with Gasteiger partial charge in [-0.05, 0) is 41.7 Å². The summed E-state index contributed by atoms with van der Waals surface area (Å²) in [5.41, 5.74) is 2.90. The summed E-state index contributed by atoms with van der Waals surface area (Å²) in [6.07, 6.45) is 1.83. The number of nitrogens with zero attached hydrogens (tertiary/aromatic N) is 1. The number of benzene rings is 3. The molecule has 3 aromatic rings. The van der Waals surface area contributed by atoms with E-state index in [1.54, 1.807) is 12.0 Å². The first-order valence-electron chi connectivity index (χ1n) is 11.4. The maximum absolute atomic E-state index is 13.4. The van der Waals surface area contributed by atoms with E-state index in [4.69, 9.17) is 4.74 Å².